The molecule has 1 aliphatic rings. The zero-order valence-corrected chi connectivity index (χ0v) is 12.2. The van der Waals surface area contributed by atoms with Gasteiger partial charge in [0.25, 0.3) is 0 Å². The predicted molar refractivity (Wildman–Crippen MR) is 80.5 cm³/mol. The molecule has 0 heterocycles. The van der Waals surface area contributed by atoms with E-state index < -0.39 is 0 Å². The van der Waals surface area contributed by atoms with Gasteiger partial charge in [-0.25, -0.2) is 0 Å². The van der Waals surface area contributed by atoms with Gasteiger partial charge in [-0.2, -0.15) is 0 Å². The summed E-state index contributed by atoms with van der Waals surface area (Å²) in [6, 6.07) is 5.82. The van der Waals surface area contributed by atoms with Gasteiger partial charge >= 0.3 is 0 Å². The molecule has 0 radical (unpaired) electrons. The van der Waals surface area contributed by atoms with Crippen molar-refractivity contribution in [3.05, 3.63) is 29.3 Å². The SMILES string of the molecule is COc1cc(COCCC2CCC2)ccc1C(N)=S. The van der Waals surface area contributed by atoms with E-state index in [1.54, 1.807) is 7.11 Å². The molecule has 2 rings (SSSR count). The Kier molecular flexibility index (Phi) is 5.16. The topological polar surface area (TPSA) is 44.5 Å². The van der Waals surface area contributed by atoms with Crippen LogP contribution in [0.4, 0.5) is 0 Å². The van der Waals surface area contributed by atoms with Crippen LogP contribution in [0, 0.1) is 5.92 Å². The second-order valence-corrected chi connectivity index (χ2v) is 5.48. The highest BCUT2D eigenvalue weighted by Gasteiger charge is 2.16. The van der Waals surface area contributed by atoms with Gasteiger partial charge in [-0.3, -0.25) is 0 Å². The van der Waals surface area contributed by atoms with Crippen molar-refractivity contribution in [3.63, 3.8) is 0 Å². The first-order chi connectivity index (χ1) is 9.20. The van der Waals surface area contributed by atoms with Crippen LogP contribution in [0.5, 0.6) is 5.75 Å². The van der Waals surface area contributed by atoms with Gasteiger partial charge in [0.05, 0.1) is 19.3 Å². The van der Waals surface area contributed by atoms with E-state index in [-0.39, 0.29) is 0 Å². The summed E-state index contributed by atoms with van der Waals surface area (Å²) in [4.78, 5) is 0.356. The number of benzene rings is 1. The Balaban J connectivity index is 1.84. The summed E-state index contributed by atoms with van der Waals surface area (Å²) in [5, 5.41) is 0. The standard InChI is InChI=1S/C15H21NO2S/c1-17-14-9-12(5-6-13(14)15(16)19)10-18-8-7-11-3-2-4-11/h5-6,9,11H,2-4,7-8,10H2,1H3,(H2,16,19). The fourth-order valence-corrected chi connectivity index (χ4v) is 2.42. The van der Waals surface area contributed by atoms with Gasteiger partial charge in [-0.05, 0) is 30.0 Å². The molecular weight excluding hydrogens is 258 g/mol. The second-order valence-electron chi connectivity index (χ2n) is 5.04. The van der Waals surface area contributed by atoms with Gasteiger partial charge in [0.15, 0.2) is 0 Å². The lowest BCUT2D eigenvalue weighted by molar-refractivity contribution is 0.0949. The molecule has 0 amide bonds. The van der Waals surface area contributed by atoms with Gasteiger partial charge in [-0.1, -0.05) is 37.5 Å². The maximum Gasteiger partial charge on any atom is 0.129 e. The molecule has 0 aliphatic heterocycles. The van der Waals surface area contributed by atoms with Crippen LogP contribution >= 0.6 is 12.2 Å². The maximum absolute atomic E-state index is 5.71. The monoisotopic (exact) mass is 279 g/mol. The molecule has 3 nitrogen and oxygen atoms in total. The highest BCUT2D eigenvalue weighted by atomic mass is 32.1. The molecule has 0 unspecified atom stereocenters. The molecule has 0 spiro atoms. The first-order valence-corrected chi connectivity index (χ1v) is 7.16. The van der Waals surface area contributed by atoms with Gasteiger partial charge in [0.1, 0.15) is 10.7 Å². The molecule has 1 aromatic rings. The summed E-state index contributed by atoms with van der Waals surface area (Å²) in [5.41, 5.74) is 7.50. The van der Waals surface area contributed by atoms with E-state index in [1.807, 2.05) is 18.2 Å². The third-order valence-corrected chi connectivity index (χ3v) is 3.92. The van der Waals surface area contributed by atoms with E-state index in [1.165, 1.54) is 25.7 Å². The van der Waals surface area contributed by atoms with Crippen LogP contribution in [0.2, 0.25) is 0 Å². The van der Waals surface area contributed by atoms with E-state index >= 15 is 0 Å². The summed E-state index contributed by atoms with van der Waals surface area (Å²) < 4.78 is 11.0. The average molecular weight is 279 g/mol. The molecule has 4 heteroatoms. The maximum atomic E-state index is 5.71. The quantitative estimate of drug-likeness (QED) is 0.615. The summed E-state index contributed by atoms with van der Waals surface area (Å²) in [5.74, 6) is 1.61. The van der Waals surface area contributed by atoms with Crippen LogP contribution in [0.3, 0.4) is 0 Å². The lowest BCUT2D eigenvalue weighted by Crippen LogP contribution is -2.13. The van der Waals surface area contributed by atoms with Crippen LogP contribution in [-0.2, 0) is 11.3 Å². The molecule has 2 N–H and O–H groups in total. The summed E-state index contributed by atoms with van der Waals surface area (Å²) in [6.45, 7) is 1.45. The minimum absolute atomic E-state index is 0.356. The van der Waals surface area contributed by atoms with Gasteiger partial charge in [0, 0.05) is 6.61 Å². The Morgan fingerprint density at radius 1 is 1.42 bits per heavy atom. The number of ether oxygens (including phenoxy) is 2. The van der Waals surface area contributed by atoms with Crippen molar-refractivity contribution in [2.45, 2.75) is 32.3 Å². The van der Waals surface area contributed by atoms with Gasteiger partial charge < -0.3 is 15.2 Å². The highest BCUT2D eigenvalue weighted by molar-refractivity contribution is 7.80. The fourth-order valence-electron chi connectivity index (χ4n) is 2.25. The third-order valence-electron chi connectivity index (χ3n) is 3.70. The van der Waals surface area contributed by atoms with Crippen molar-refractivity contribution >= 4 is 17.2 Å². The first kappa shape index (κ1) is 14.3. The van der Waals surface area contributed by atoms with Gasteiger partial charge in [0.2, 0.25) is 0 Å². The summed E-state index contributed by atoms with van der Waals surface area (Å²) >= 11 is 4.98. The van der Waals surface area contributed by atoms with Crippen molar-refractivity contribution in [1.82, 2.24) is 0 Å². The smallest absolute Gasteiger partial charge is 0.129 e. The van der Waals surface area contributed by atoms with E-state index in [0.717, 1.165) is 23.7 Å². The number of rotatable bonds is 7. The number of hydrogen-bond donors (Lipinski definition) is 1. The normalized spacial score (nSPS) is 15.0. The van der Waals surface area contributed by atoms with Crippen molar-refractivity contribution in [2.75, 3.05) is 13.7 Å². The molecule has 1 aromatic carbocycles. The Hall–Kier alpha value is -1.13. The zero-order chi connectivity index (χ0) is 13.7. The molecule has 0 bridgehead atoms. The lowest BCUT2D eigenvalue weighted by Gasteiger charge is -2.24. The zero-order valence-electron chi connectivity index (χ0n) is 11.4. The van der Waals surface area contributed by atoms with Crippen LogP contribution in [-0.4, -0.2) is 18.7 Å². The number of thiocarbonyl (C=S) groups is 1. The Morgan fingerprint density at radius 2 is 2.21 bits per heavy atom. The van der Waals surface area contributed by atoms with Crippen LogP contribution in [0.15, 0.2) is 18.2 Å². The molecule has 1 fully saturated rings. The Bertz CT molecular complexity index is 444. The number of hydrogen-bond acceptors (Lipinski definition) is 3. The molecule has 0 aromatic heterocycles. The number of nitrogens with two attached hydrogens (primary N) is 1. The van der Waals surface area contributed by atoms with Crippen molar-refractivity contribution < 1.29 is 9.47 Å². The molecule has 1 aliphatic carbocycles. The van der Waals surface area contributed by atoms with Crippen LogP contribution in [0.25, 0.3) is 0 Å². The minimum Gasteiger partial charge on any atom is -0.496 e. The molecule has 1 saturated carbocycles. The van der Waals surface area contributed by atoms with Crippen LogP contribution in [0.1, 0.15) is 36.8 Å². The van der Waals surface area contributed by atoms with E-state index in [4.69, 9.17) is 27.4 Å². The fraction of sp³-hybridized carbons (Fsp3) is 0.533. The van der Waals surface area contributed by atoms with Gasteiger partial charge in [-0.15, -0.1) is 0 Å². The van der Waals surface area contributed by atoms with E-state index in [0.29, 0.717) is 17.3 Å². The summed E-state index contributed by atoms with van der Waals surface area (Å²) in [6.07, 6.45) is 5.32. The molecule has 104 valence electrons. The van der Waals surface area contributed by atoms with Crippen LogP contribution < -0.4 is 10.5 Å². The van der Waals surface area contributed by atoms with E-state index in [9.17, 15) is 0 Å². The first-order valence-electron chi connectivity index (χ1n) is 6.75. The van der Waals surface area contributed by atoms with E-state index in [2.05, 4.69) is 0 Å². The lowest BCUT2D eigenvalue weighted by atomic mass is 9.83. The molecule has 0 saturated heterocycles. The Morgan fingerprint density at radius 3 is 2.79 bits per heavy atom. The van der Waals surface area contributed by atoms with Crippen molar-refractivity contribution in [2.24, 2.45) is 11.7 Å². The molecule has 0 atom stereocenters. The minimum atomic E-state index is 0.356. The predicted octanol–water partition coefficient (Wildman–Crippen LogP) is 3.04. The highest BCUT2D eigenvalue weighted by Crippen LogP contribution is 2.29. The Labute approximate surface area is 120 Å². The average Bonchev–Trinajstić information content (AvgIpc) is 2.35. The third kappa shape index (κ3) is 3.91. The number of methoxy groups -OCH3 is 1. The molecule has 19 heavy (non-hydrogen) atoms. The second kappa shape index (κ2) is 6.87. The van der Waals surface area contributed by atoms with Crippen molar-refractivity contribution in [3.8, 4) is 5.75 Å². The summed E-state index contributed by atoms with van der Waals surface area (Å²) in [7, 11) is 1.62. The largest absolute Gasteiger partial charge is 0.496 e. The molecular formula is C15H21NO2S. The van der Waals surface area contributed by atoms with Crippen molar-refractivity contribution in [1.29, 1.82) is 0 Å².